The molecule has 2 aliphatic heterocycles. The first-order chi connectivity index (χ1) is 12.2. The summed E-state index contributed by atoms with van der Waals surface area (Å²) >= 11 is 0. The highest BCUT2D eigenvalue weighted by molar-refractivity contribution is 5.74. The van der Waals surface area contributed by atoms with Gasteiger partial charge in [0.15, 0.2) is 0 Å². The highest BCUT2D eigenvalue weighted by atomic mass is 16.5. The molecule has 138 valence electrons. The van der Waals surface area contributed by atoms with Crippen LogP contribution >= 0.6 is 0 Å². The van der Waals surface area contributed by atoms with E-state index in [0.29, 0.717) is 18.4 Å². The van der Waals surface area contributed by atoms with Gasteiger partial charge in [0.05, 0.1) is 13.2 Å². The Hall–Kier alpha value is -1.59. The lowest BCUT2D eigenvalue weighted by Gasteiger charge is -2.30. The van der Waals surface area contributed by atoms with Crippen LogP contribution in [0.25, 0.3) is 0 Å². The summed E-state index contributed by atoms with van der Waals surface area (Å²) in [7, 11) is 2.16. The zero-order valence-electron chi connectivity index (χ0n) is 15.3. The molecule has 25 heavy (non-hydrogen) atoms. The number of carbonyl (C=O) groups is 1. The number of benzene rings is 1. The Morgan fingerprint density at radius 3 is 2.80 bits per heavy atom. The van der Waals surface area contributed by atoms with Crippen LogP contribution in [0.15, 0.2) is 30.3 Å². The number of urea groups is 1. The van der Waals surface area contributed by atoms with Crippen molar-refractivity contribution in [3.8, 4) is 0 Å². The number of rotatable bonds is 6. The minimum absolute atomic E-state index is 0.0961. The van der Waals surface area contributed by atoms with Gasteiger partial charge in [-0.3, -0.25) is 0 Å². The fourth-order valence-electron chi connectivity index (χ4n) is 3.85. The monoisotopic (exact) mass is 345 g/mol. The summed E-state index contributed by atoms with van der Waals surface area (Å²) in [5.74, 6) is 1.05. The maximum absolute atomic E-state index is 12.4. The fraction of sp³-hybridized carbons (Fsp3) is 0.650. The fourth-order valence-corrected chi connectivity index (χ4v) is 3.85. The molecule has 2 heterocycles. The van der Waals surface area contributed by atoms with E-state index >= 15 is 0 Å². The van der Waals surface area contributed by atoms with Gasteiger partial charge in [-0.25, -0.2) is 4.79 Å². The van der Waals surface area contributed by atoms with Crippen molar-refractivity contribution < 1.29 is 9.53 Å². The van der Waals surface area contributed by atoms with Crippen LogP contribution in [-0.4, -0.2) is 62.2 Å². The summed E-state index contributed by atoms with van der Waals surface area (Å²) in [5.41, 5.74) is 1.20. The summed E-state index contributed by atoms with van der Waals surface area (Å²) in [6, 6.07) is 10.3. The third-order valence-electron chi connectivity index (χ3n) is 5.30. The first kappa shape index (κ1) is 18.2. The number of hydrogen-bond donors (Lipinski definition) is 1. The lowest BCUT2D eigenvalue weighted by atomic mass is 9.99. The van der Waals surface area contributed by atoms with E-state index in [2.05, 4.69) is 29.4 Å². The smallest absolute Gasteiger partial charge is 0.317 e. The predicted molar refractivity (Wildman–Crippen MR) is 99.4 cm³/mol. The third-order valence-corrected chi connectivity index (χ3v) is 5.30. The molecule has 1 aromatic carbocycles. The number of ether oxygens (including phenoxy) is 1. The molecular weight excluding hydrogens is 314 g/mol. The minimum atomic E-state index is 0.0961. The van der Waals surface area contributed by atoms with Crippen LogP contribution in [0.2, 0.25) is 0 Å². The Morgan fingerprint density at radius 2 is 2.00 bits per heavy atom. The molecule has 2 atom stereocenters. The van der Waals surface area contributed by atoms with Gasteiger partial charge in [-0.1, -0.05) is 30.3 Å². The SMILES string of the molecule is CN1CCC[C@H](CNC(=O)N2CC[C@H](COCc3ccccc3)C2)C1. The zero-order valence-corrected chi connectivity index (χ0v) is 15.3. The molecule has 2 saturated heterocycles. The Bertz CT molecular complexity index is 537. The maximum Gasteiger partial charge on any atom is 0.317 e. The summed E-state index contributed by atoms with van der Waals surface area (Å²) in [6.45, 7) is 6.11. The van der Waals surface area contributed by atoms with Crippen LogP contribution in [0.5, 0.6) is 0 Å². The summed E-state index contributed by atoms with van der Waals surface area (Å²) in [6.07, 6.45) is 3.50. The molecule has 0 saturated carbocycles. The number of likely N-dealkylation sites (tertiary alicyclic amines) is 2. The number of nitrogens with one attached hydrogen (secondary N) is 1. The summed E-state index contributed by atoms with van der Waals surface area (Å²) < 4.78 is 5.83. The van der Waals surface area contributed by atoms with Crippen molar-refractivity contribution in [1.29, 1.82) is 0 Å². The zero-order chi connectivity index (χ0) is 17.5. The molecular formula is C20H31N3O2. The van der Waals surface area contributed by atoms with Crippen molar-refractivity contribution >= 4 is 6.03 Å². The molecule has 1 aromatic rings. The van der Waals surface area contributed by atoms with Crippen molar-refractivity contribution in [2.45, 2.75) is 25.9 Å². The second kappa shape index (κ2) is 9.20. The van der Waals surface area contributed by atoms with Crippen LogP contribution < -0.4 is 5.32 Å². The van der Waals surface area contributed by atoms with Crippen molar-refractivity contribution in [2.24, 2.45) is 11.8 Å². The standard InChI is InChI=1S/C20H31N3O2/c1-22-10-5-8-18(13-22)12-21-20(24)23-11-9-19(14-23)16-25-15-17-6-3-2-4-7-17/h2-4,6-7,18-19H,5,8-16H2,1H3,(H,21,24)/t18-,19+/m1/s1. The topological polar surface area (TPSA) is 44.8 Å². The van der Waals surface area contributed by atoms with Gasteiger partial charge in [0.1, 0.15) is 0 Å². The molecule has 5 heteroatoms. The largest absolute Gasteiger partial charge is 0.376 e. The number of carbonyl (C=O) groups excluding carboxylic acids is 1. The van der Waals surface area contributed by atoms with Gasteiger partial charge in [0, 0.05) is 32.1 Å². The molecule has 0 spiro atoms. The molecule has 2 amide bonds. The first-order valence-electron chi connectivity index (χ1n) is 9.53. The summed E-state index contributed by atoms with van der Waals surface area (Å²) in [5, 5.41) is 3.14. The first-order valence-corrected chi connectivity index (χ1v) is 9.53. The Morgan fingerprint density at radius 1 is 1.16 bits per heavy atom. The Kier molecular flexibility index (Phi) is 6.70. The molecule has 0 aromatic heterocycles. The van der Waals surface area contributed by atoms with Crippen molar-refractivity contribution in [3.05, 3.63) is 35.9 Å². The lowest BCUT2D eigenvalue weighted by Crippen LogP contribution is -2.44. The van der Waals surface area contributed by atoms with Gasteiger partial charge in [-0.2, -0.15) is 0 Å². The molecule has 3 rings (SSSR count). The molecule has 2 aliphatic rings. The van der Waals surface area contributed by atoms with E-state index in [0.717, 1.165) is 39.2 Å². The Balaban J connectivity index is 1.32. The van der Waals surface area contributed by atoms with E-state index in [4.69, 9.17) is 4.74 Å². The van der Waals surface area contributed by atoms with Gasteiger partial charge in [0.2, 0.25) is 0 Å². The van der Waals surface area contributed by atoms with Crippen LogP contribution in [-0.2, 0) is 11.3 Å². The maximum atomic E-state index is 12.4. The van der Waals surface area contributed by atoms with E-state index in [1.54, 1.807) is 0 Å². The van der Waals surface area contributed by atoms with Crippen LogP contribution in [0.4, 0.5) is 4.79 Å². The van der Waals surface area contributed by atoms with Gasteiger partial charge < -0.3 is 19.9 Å². The molecule has 0 aliphatic carbocycles. The average Bonchev–Trinajstić information content (AvgIpc) is 3.10. The summed E-state index contributed by atoms with van der Waals surface area (Å²) in [4.78, 5) is 16.7. The normalized spacial score (nSPS) is 24.4. The van der Waals surface area contributed by atoms with Crippen LogP contribution in [0.1, 0.15) is 24.8 Å². The van der Waals surface area contributed by atoms with E-state index in [9.17, 15) is 4.79 Å². The van der Waals surface area contributed by atoms with E-state index in [1.165, 1.54) is 24.9 Å². The number of hydrogen-bond acceptors (Lipinski definition) is 3. The molecule has 0 bridgehead atoms. The number of amides is 2. The van der Waals surface area contributed by atoms with E-state index in [-0.39, 0.29) is 6.03 Å². The highest BCUT2D eigenvalue weighted by Gasteiger charge is 2.27. The third kappa shape index (κ3) is 5.72. The highest BCUT2D eigenvalue weighted by Crippen LogP contribution is 2.18. The minimum Gasteiger partial charge on any atom is -0.376 e. The van der Waals surface area contributed by atoms with Crippen molar-refractivity contribution in [1.82, 2.24) is 15.1 Å². The van der Waals surface area contributed by atoms with Gasteiger partial charge in [-0.15, -0.1) is 0 Å². The molecule has 0 unspecified atom stereocenters. The molecule has 0 radical (unpaired) electrons. The van der Waals surface area contributed by atoms with Crippen LogP contribution in [0.3, 0.4) is 0 Å². The van der Waals surface area contributed by atoms with Gasteiger partial charge in [0.25, 0.3) is 0 Å². The van der Waals surface area contributed by atoms with Crippen molar-refractivity contribution in [3.63, 3.8) is 0 Å². The lowest BCUT2D eigenvalue weighted by molar-refractivity contribution is 0.0896. The molecule has 1 N–H and O–H groups in total. The molecule has 5 nitrogen and oxygen atoms in total. The quantitative estimate of drug-likeness (QED) is 0.862. The van der Waals surface area contributed by atoms with E-state index in [1.807, 2.05) is 23.1 Å². The van der Waals surface area contributed by atoms with Crippen molar-refractivity contribution in [2.75, 3.05) is 46.4 Å². The van der Waals surface area contributed by atoms with Crippen LogP contribution in [0, 0.1) is 11.8 Å². The van der Waals surface area contributed by atoms with Gasteiger partial charge >= 0.3 is 6.03 Å². The second-order valence-corrected chi connectivity index (χ2v) is 7.56. The predicted octanol–water partition coefficient (Wildman–Crippen LogP) is 2.58. The number of nitrogens with zero attached hydrogens (tertiary/aromatic N) is 2. The Labute approximate surface area is 151 Å². The average molecular weight is 345 g/mol. The van der Waals surface area contributed by atoms with E-state index < -0.39 is 0 Å². The number of piperidine rings is 1. The van der Waals surface area contributed by atoms with Gasteiger partial charge in [-0.05, 0) is 44.3 Å². The second-order valence-electron chi connectivity index (χ2n) is 7.56. The molecule has 2 fully saturated rings.